The topological polar surface area (TPSA) is 62.3 Å². The van der Waals surface area contributed by atoms with Gasteiger partial charge in [0.1, 0.15) is 4.90 Å². The maximum atomic E-state index is 12.7. The fraction of sp³-hybridized carbons (Fsp3) is 0.190. The van der Waals surface area contributed by atoms with Crippen LogP contribution >= 0.6 is 0 Å². The number of rotatable bonds is 4. The van der Waals surface area contributed by atoms with Gasteiger partial charge in [0, 0.05) is 30.7 Å². The number of para-hydroxylation sites is 2. The van der Waals surface area contributed by atoms with Crippen LogP contribution in [0.1, 0.15) is 11.3 Å². The molecule has 0 amide bonds. The molecule has 0 aliphatic heterocycles. The van der Waals surface area contributed by atoms with Gasteiger partial charge in [-0.15, -0.1) is 0 Å². The third kappa shape index (κ3) is 4.27. The molecule has 1 N–H and O–H groups in total. The summed E-state index contributed by atoms with van der Waals surface area (Å²) in [7, 11) is 0.176. The molecule has 0 bridgehead atoms. The molecule has 0 aliphatic carbocycles. The van der Waals surface area contributed by atoms with Crippen molar-refractivity contribution in [3.8, 4) is 11.8 Å². The van der Waals surface area contributed by atoms with Crippen LogP contribution in [0, 0.1) is 18.8 Å². The zero-order valence-electron chi connectivity index (χ0n) is 15.5. The van der Waals surface area contributed by atoms with Gasteiger partial charge in [-0.05, 0) is 31.2 Å². The highest BCUT2D eigenvalue weighted by Gasteiger charge is 2.17. The molecule has 1 heterocycles. The van der Waals surface area contributed by atoms with E-state index >= 15 is 0 Å². The van der Waals surface area contributed by atoms with Crippen LogP contribution in [0.3, 0.4) is 0 Å². The van der Waals surface area contributed by atoms with Crippen molar-refractivity contribution in [2.24, 2.45) is 0 Å². The van der Waals surface area contributed by atoms with Crippen LogP contribution in [0.15, 0.2) is 59.5 Å². The zero-order valence-corrected chi connectivity index (χ0v) is 16.3. The third-order valence-electron chi connectivity index (χ3n) is 4.07. The van der Waals surface area contributed by atoms with E-state index in [1.165, 1.54) is 0 Å². The fourth-order valence-corrected chi connectivity index (χ4v) is 3.85. The number of aryl methyl sites for hydroxylation is 1. The number of benzene rings is 2. The van der Waals surface area contributed by atoms with Gasteiger partial charge in [-0.2, -0.15) is 4.72 Å². The second-order valence-electron chi connectivity index (χ2n) is 6.32. The molecule has 27 heavy (non-hydrogen) atoms. The quantitative estimate of drug-likeness (QED) is 0.708. The number of sulfonamides is 1. The Hall–Kier alpha value is -2.88. The molecule has 5 nitrogen and oxygen atoms in total. The van der Waals surface area contributed by atoms with Gasteiger partial charge < -0.3 is 4.90 Å². The van der Waals surface area contributed by atoms with Gasteiger partial charge in [0.15, 0.2) is 0 Å². The van der Waals surface area contributed by atoms with Gasteiger partial charge in [-0.3, -0.25) is 4.98 Å². The normalized spacial score (nSPS) is 11.1. The molecule has 1 aromatic heterocycles. The lowest BCUT2D eigenvalue weighted by molar-refractivity contribution is 0.587. The first-order chi connectivity index (χ1) is 12.9. The summed E-state index contributed by atoms with van der Waals surface area (Å²) >= 11 is 0. The van der Waals surface area contributed by atoms with Crippen molar-refractivity contribution in [1.82, 2.24) is 9.71 Å². The maximum absolute atomic E-state index is 12.7. The third-order valence-corrected chi connectivity index (χ3v) is 5.50. The van der Waals surface area contributed by atoms with E-state index in [9.17, 15) is 8.42 Å². The van der Waals surface area contributed by atoms with Crippen LogP contribution < -0.4 is 9.62 Å². The number of pyridine rings is 1. The number of aromatic nitrogens is 1. The van der Waals surface area contributed by atoms with E-state index in [4.69, 9.17) is 0 Å². The highest BCUT2D eigenvalue weighted by atomic mass is 32.2. The van der Waals surface area contributed by atoms with Gasteiger partial charge in [0.2, 0.25) is 10.0 Å². The molecule has 0 atom stereocenters. The minimum Gasteiger partial charge on any atom is -0.377 e. The Morgan fingerprint density at radius 3 is 2.59 bits per heavy atom. The van der Waals surface area contributed by atoms with E-state index in [1.807, 2.05) is 68.4 Å². The lowest BCUT2D eigenvalue weighted by Gasteiger charge is -2.13. The van der Waals surface area contributed by atoms with E-state index in [2.05, 4.69) is 21.5 Å². The first-order valence-electron chi connectivity index (χ1n) is 8.50. The molecule has 0 aliphatic rings. The van der Waals surface area contributed by atoms with Crippen molar-refractivity contribution in [3.63, 3.8) is 0 Å². The molecule has 0 saturated heterocycles. The van der Waals surface area contributed by atoms with Crippen LogP contribution in [0.4, 0.5) is 5.69 Å². The summed E-state index contributed by atoms with van der Waals surface area (Å²) in [5.41, 5.74) is 3.08. The summed E-state index contributed by atoms with van der Waals surface area (Å²) in [6.45, 7) is 1.86. The summed E-state index contributed by atoms with van der Waals surface area (Å²) in [5.74, 6) is 5.93. The Balaban J connectivity index is 1.83. The summed E-state index contributed by atoms with van der Waals surface area (Å²) < 4.78 is 28.0. The Bertz CT molecular complexity index is 1140. The number of nitrogens with zero attached hydrogens (tertiary/aromatic N) is 2. The Kier molecular flexibility index (Phi) is 5.45. The van der Waals surface area contributed by atoms with E-state index in [1.54, 1.807) is 12.1 Å². The molecule has 0 radical (unpaired) electrons. The highest BCUT2D eigenvalue weighted by molar-refractivity contribution is 7.89. The zero-order chi connectivity index (χ0) is 19.4. The van der Waals surface area contributed by atoms with Crippen molar-refractivity contribution < 1.29 is 8.42 Å². The first kappa shape index (κ1) is 18.9. The molecule has 138 valence electrons. The fourth-order valence-electron chi connectivity index (χ4n) is 2.75. The number of nitrogens with one attached hydrogen (secondary N) is 1. The van der Waals surface area contributed by atoms with Crippen LogP contribution in [-0.2, 0) is 10.0 Å². The lowest BCUT2D eigenvalue weighted by Crippen LogP contribution is -2.24. The second kappa shape index (κ2) is 7.78. The van der Waals surface area contributed by atoms with Gasteiger partial charge >= 0.3 is 0 Å². The summed E-state index contributed by atoms with van der Waals surface area (Å²) in [6, 6.07) is 16.6. The molecule has 3 rings (SSSR count). The average molecular weight is 379 g/mol. The summed E-state index contributed by atoms with van der Waals surface area (Å²) in [5, 5.41) is 0.787. The Morgan fingerprint density at radius 1 is 1.04 bits per heavy atom. The van der Waals surface area contributed by atoms with Crippen LogP contribution in [0.2, 0.25) is 0 Å². The molecular formula is C21H21N3O2S. The lowest BCUT2D eigenvalue weighted by atomic mass is 10.1. The van der Waals surface area contributed by atoms with E-state index < -0.39 is 10.0 Å². The number of fused-ring (bicyclic) bond motifs is 1. The van der Waals surface area contributed by atoms with Gasteiger partial charge in [-0.1, -0.05) is 42.2 Å². The van der Waals surface area contributed by atoms with E-state index in [0.717, 1.165) is 22.3 Å². The molecule has 2 aromatic carbocycles. The minimum atomic E-state index is -3.71. The Morgan fingerprint density at radius 2 is 1.81 bits per heavy atom. The molecule has 0 fully saturated rings. The monoisotopic (exact) mass is 379 g/mol. The van der Waals surface area contributed by atoms with Gasteiger partial charge in [-0.25, -0.2) is 8.42 Å². The van der Waals surface area contributed by atoms with Crippen molar-refractivity contribution in [3.05, 3.63) is 65.9 Å². The predicted molar refractivity (Wildman–Crippen MR) is 109 cm³/mol. The average Bonchev–Trinajstić information content (AvgIpc) is 2.65. The first-order valence-corrected chi connectivity index (χ1v) is 9.98. The van der Waals surface area contributed by atoms with Crippen LogP contribution in [-0.4, -0.2) is 34.0 Å². The molecule has 0 spiro atoms. The smallest absolute Gasteiger partial charge is 0.243 e. The molecule has 3 aromatic rings. The molecule has 0 unspecified atom stereocenters. The molecular weight excluding hydrogens is 358 g/mol. The molecule has 6 heteroatoms. The minimum absolute atomic E-state index is 0.0201. The van der Waals surface area contributed by atoms with Crippen LogP contribution in [0.5, 0.6) is 0 Å². The Labute approximate surface area is 160 Å². The van der Waals surface area contributed by atoms with Crippen molar-refractivity contribution in [2.75, 3.05) is 25.5 Å². The predicted octanol–water partition coefficient (Wildman–Crippen LogP) is 2.94. The second-order valence-corrected chi connectivity index (χ2v) is 8.05. The van der Waals surface area contributed by atoms with E-state index in [-0.39, 0.29) is 11.4 Å². The van der Waals surface area contributed by atoms with Crippen LogP contribution in [0.25, 0.3) is 10.9 Å². The molecule has 0 saturated carbocycles. The largest absolute Gasteiger partial charge is 0.377 e. The summed E-state index contributed by atoms with van der Waals surface area (Å²) in [4.78, 5) is 6.52. The SMILES string of the molecule is Cc1ccc2cccc(S(=O)(=O)NCC#Cc3ccccc3N(C)C)c2n1. The van der Waals surface area contributed by atoms with Gasteiger partial charge in [0.05, 0.1) is 17.7 Å². The standard InChI is InChI=1S/C21H21N3O2S/c1-16-13-14-18-9-6-12-20(21(18)23-16)27(25,26)22-15-7-10-17-8-4-5-11-19(17)24(2)3/h4-6,8-9,11-14,22H,15H2,1-3H3. The van der Waals surface area contributed by atoms with Crippen molar-refractivity contribution in [1.29, 1.82) is 0 Å². The summed E-state index contributed by atoms with van der Waals surface area (Å²) in [6.07, 6.45) is 0. The maximum Gasteiger partial charge on any atom is 0.243 e. The van der Waals surface area contributed by atoms with Gasteiger partial charge in [0.25, 0.3) is 0 Å². The van der Waals surface area contributed by atoms with Crippen molar-refractivity contribution >= 4 is 26.6 Å². The number of anilines is 1. The van der Waals surface area contributed by atoms with Crippen molar-refractivity contribution in [2.45, 2.75) is 11.8 Å². The number of hydrogen-bond acceptors (Lipinski definition) is 4. The highest BCUT2D eigenvalue weighted by Crippen LogP contribution is 2.21. The number of hydrogen-bond donors (Lipinski definition) is 1. The van der Waals surface area contributed by atoms with E-state index in [0.29, 0.717) is 5.52 Å².